The zero-order chi connectivity index (χ0) is 14.4. The molecule has 0 unspecified atom stereocenters. The molecule has 2 amide bonds. The molecule has 1 atom stereocenters. The van der Waals surface area contributed by atoms with Gasteiger partial charge in [-0.05, 0) is 36.2 Å². The van der Waals surface area contributed by atoms with Crippen molar-refractivity contribution >= 4 is 17.6 Å². The maximum absolute atomic E-state index is 11.8. The summed E-state index contributed by atoms with van der Waals surface area (Å²) in [5, 5.41) is 6.31. The van der Waals surface area contributed by atoms with Crippen LogP contribution in [0.4, 0.5) is 4.79 Å². The van der Waals surface area contributed by atoms with Crippen molar-refractivity contribution in [3.8, 4) is 0 Å². The summed E-state index contributed by atoms with van der Waals surface area (Å²) in [6.45, 7) is 2.36. The number of aromatic nitrogens is 1. The summed E-state index contributed by atoms with van der Waals surface area (Å²) >= 11 is 5.93. The van der Waals surface area contributed by atoms with Crippen LogP contribution in [0.2, 0.25) is 5.02 Å². The minimum Gasteiger partial charge on any atom is -0.334 e. The average molecular weight is 290 g/mol. The second-order valence-corrected chi connectivity index (χ2v) is 4.90. The molecule has 2 N–H and O–H groups in total. The number of urea groups is 1. The van der Waals surface area contributed by atoms with Crippen molar-refractivity contribution in [1.82, 2.24) is 15.6 Å². The van der Waals surface area contributed by atoms with Crippen molar-refractivity contribution in [3.63, 3.8) is 0 Å². The molecule has 20 heavy (non-hydrogen) atoms. The van der Waals surface area contributed by atoms with Gasteiger partial charge in [0.05, 0.1) is 6.04 Å². The number of hydrogen-bond acceptors (Lipinski definition) is 2. The summed E-state index contributed by atoms with van der Waals surface area (Å²) in [4.78, 5) is 15.8. The van der Waals surface area contributed by atoms with E-state index in [1.54, 1.807) is 18.5 Å². The summed E-state index contributed by atoms with van der Waals surface area (Å²) in [6, 6.07) is 10.9. The van der Waals surface area contributed by atoms with Gasteiger partial charge in [-0.1, -0.05) is 29.8 Å². The topological polar surface area (TPSA) is 54.0 Å². The highest BCUT2D eigenvalue weighted by molar-refractivity contribution is 6.30. The number of rotatable bonds is 4. The molecule has 104 valence electrons. The van der Waals surface area contributed by atoms with E-state index in [0.29, 0.717) is 11.6 Å². The van der Waals surface area contributed by atoms with Crippen molar-refractivity contribution < 1.29 is 4.79 Å². The Kier molecular flexibility index (Phi) is 4.96. The summed E-state index contributed by atoms with van der Waals surface area (Å²) in [5.41, 5.74) is 1.92. The standard InChI is InChI=1S/C15H16ClN3O/c1-11(13-5-2-6-14(16)8-13)19-15(20)18-10-12-4-3-7-17-9-12/h2-9,11H,10H2,1H3,(H2,18,19,20)/t11-/m0/s1. The first-order valence-corrected chi connectivity index (χ1v) is 6.71. The minimum absolute atomic E-state index is 0.109. The molecule has 5 heteroatoms. The Hall–Kier alpha value is -2.07. The Morgan fingerprint density at radius 3 is 2.90 bits per heavy atom. The fourth-order valence-electron chi connectivity index (χ4n) is 1.79. The molecular formula is C15H16ClN3O. The highest BCUT2D eigenvalue weighted by Gasteiger charge is 2.09. The quantitative estimate of drug-likeness (QED) is 0.907. The van der Waals surface area contributed by atoms with Crippen LogP contribution < -0.4 is 10.6 Å². The Balaban J connectivity index is 1.85. The average Bonchev–Trinajstić information content (AvgIpc) is 2.46. The van der Waals surface area contributed by atoms with E-state index in [0.717, 1.165) is 11.1 Å². The highest BCUT2D eigenvalue weighted by Crippen LogP contribution is 2.17. The lowest BCUT2D eigenvalue weighted by Gasteiger charge is -2.15. The number of hydrogen-bond donors (Lipinski definition) is 2. The molecule has 1 aromatic heterocycles. The molecule has 1 heterocycles. The monoisotopic (exact) mass is 289 g/mol. The number of carbonyl (C=O) groups is 1. The number of amides is 2. The zero-order valence-corrected chi connectivity index (χ0v) is 11.9. The largest absolute Gasteiger partial charge is 0.334 e. The van der Waals surface area contributed by atoms with E-state index in [9.17, 15) is 4.79 Å². The zero-order valence-electron chi connectivity index (χ0n) is 11.1. The fraction of sp³-hybridized carbons (Fsp3) is 0.200. The van der Waals surface area contributed by atoms with Crippen LogP contribution in [0.25, 0.3) is 0 Å². The van der Waals surface area contributed by atoms with Crippen molar-refractivity contribution in [2.24, 2.45) is 0 Å². The molecule has 4 nitrogen and oxygen atoms in total. The van der Waals surface area contributed by atoms with Crippen molar-refractivity contribution in [2.45, 2.75) is 19.5 Å². The highest BCUT2D eigenvalue weighted by atomic mass is 35.5. The van der Waals surface area contributed by atoms with Gasteiger partial charge >= 0.3 is 6.03 Å². The van der Waals surface area contributed by atoms with Crippen LogP contribution in [0, 0.1) is 0 Å². The molecular weight excluding hydrogens is 274 g/mol. The molecule has 0 saturated carbocycles. The number of nitrogens with one attached hydrogen (secondary N) is 2. The third-order valence-corrected chi connectivity index (χ3v) is 3.11. The minimum atomic E-state index is -0.221. The van der Waals surface area contributed by atoms with Crippen molar-refractivity contribution in [3.05, 3.63) is 64.9 Å². The molecule has 0 radical (unpaired) electrons. The number of carbonyl (C=O) groups excluding carboxylic acids is 1. The second kappa shape index (κ2) is 6.91. The van der Waals surface area contributed by atoms with E-state index in [1.165, 1.54) is 0 Å². The third kappa shape index (κ3) is 4.24. The first kappa shape index (κ1) is 14.3. The van der Waals surface area contributed by atoms with E-state index < -0.39 is 0 Å². The van der Waals surface area contributed by atoms with Gasteiger partial charge in [0.15, 0.2) is 0 Å². The van der Waals surface area contributed by atoms with Crippen molar-refractivity contribution in [2.75, 3.05) is 0 Å². The number of halogens is 1. The maximum atomic E-state index is 11.8. The third-order valence-electron chi connectivity index (χ3n) is 2.87. The predicted molar refractivity (Wildman–Crippen MR) is 79.5 cm³/mol. The lowest BCUT2D eigenvalue weighted by Crippen LogP contribution is -2.36. The molecule has 0 bridgehead atoms. The van der Waals surface area contributed by atoms with Gasteiger partial charge in [0.25, 0.3) is 0 Å². The molecule has 0 saturated heterocycles. The Labute approximate surface area is 123 Å². The Bertz CT molecular complexity index is 574. The lowest BCUT2D eigenvalue weighted by atomic mass is 10.1. The van der Waals surface area contributed by atoms with Crippen LogP contribution in [0.15, 0.2) is 48.8 Å². The molecule has 0 aliphatic carbocycles. The van der Waals surface area contributed by atoms with Gasteiger partial charge in [0, 0.05) is 24.0 Å². The molecule has 2 aromatic rings. The Morgan fingerprint density at radius 1 is 1.35 bits per heavy atom. The van der Waals surface area contributed by atoms with Gasteiger partial charge in [-0.15, -0.1) is 0 Å². The van der Waals surface area contributed by atoms with Crippen LogP contribution in [0.5, 0.6) is 0 Å². The molecule has 2 rings (SSSR count). The van der Waals surface area contributed by atoms with E-state index in [2.05, 4.69) is 15.6 Å². The predicted octanol–water partition coefficient (Wildman–Crippen LogP) is 3.30. The Morgan fingerprint density at radius 2 is 2.20 bits per heavy atom. The van der Waals surface area contributed by atoms with Gasteiger partial charge in [0.1, 0.15) is 0 Å². The molecule has 0 spiro atoms. The lowest BCUT2D eigenvalue weighted by molar-refractivity contribution is 0.237. The van der Waals surface area contributed by atoms with E-state index in [1.807, 2.05) is 37.3 Å². The molecule has 0 aliphatic heterocycles. The van der Waals surface area contributed by atoms with Gasteiger partial charge < -0.3 is 10.6 Å². The fourth-order valence-corrected chi connectivity index (χ4v) is 1.99. The van der Waals surface area contributed by atoms with Crippen LogP contribution in [0.1, 0.15) is 24.1 Å². The molecule has 0 fully saturated rings. The number of nitrogens with zero attached hydrogens (tertiary/aromatic N) is 1. The SMILES string of the molecule is C[C@H](NC(=O)NCc1cccnc1)c1cccc(Cl)c1. The van der Waals surface area contributed by atoms with Crippen LogP contribution in [0.3, 0.4) is 0 Å². The van der Waals surface area contributed by atoms with Crippen molar-refractivity contribution in [1.29, 1.82) is 0 Å². The summed E-state index contributed by atoms with van der Waals surface area (Å²) in [7, 11) is 0. The molecule has 0 aliphatic rings. The summed E-state index contributed by atoms with van der Waals surface area (Å²) in [6.07, 6.45) is 3.42. The second-order valence-electron chi connectivity index (χ2n) is 4.46. The van der Waals surface area contributed by atoms with Crippen LogP contribution in [-0.4, -0.2) is 11.0 Å². The van der Waals surface area contributed by atoms with Crippen LogP contribution >= 0.6 is 11.6 Å². The van der Waals surface area contributed by atoms with Gasteiger partial charge in [-0.3, -0.25) is 4.98 Å². The van der Waals surface area contributed by atoms with E-state index >= 15 is 0 Å². The van der Waals surface area contributed by atoms with Gasteiger partial charge in [-0.25, -0.2) is 4.79 Å². The van der Waals surface area contributed by atoms with Gasteiger partial charge in [-0.2, -0.15) is 0 Å². The smallest absolute Gasteiger partial charge is 0.315 e. The maximum Gasteiger partial charge on any atom is 0.315 e. The van der Waals surface area contributed by atoms with E-state index in [4.69, 9.17) is 11.6 Å². The van der Waals surface area contributed by atoms with Crippen LogP contribution in [-0.2, 0) is 6.54 Å². The first-order chi connectivity index (χ1) is 9.65. The first-order valence-electron chi connectivity index (χ1n) is 6.34. The molecule has 1 aromatic carbocycles. The van der Waals surface area contributed by atoms with E-state index in [-0.39, 0.29) is 12.1 Å². The normalized spacial score (nSPS) is 11.7. The number of pyridine rings is 1. The van der Waals surface area contributed by atoms with Gasteiger partial charge in [0.2, 0.25) is 0 Å². The number of benzene rings is 1. The summed E-state index contributed by atoms with van der Waals surface area (Å²) < 4.78 is 0. The summed E-state index contributed by atoms with van der Waals surface area (Å²) in [5.74, 6) is 0.